The van der Waals surface area contributed by atoms with Crippen molar-refractivity contribution in [3.05, 3.63) is 34.9 Å². The zero-order valence-electron chi connectivity index (χ0n) is 8.54. The molecule has 0 bridgehead atoms. The number of carbonyl (C=O) groups excluding carboxylic acids is 2. The van der Waals surface area contributed by atoms with E-state index in [0.717, 1.165) is 18.2 Å². The van der Waals surface area contributed by atoms with Crippen LogP contribution in [-0.2, 0) is 11.0 Å². The number of alkyl halides is 3. The van der Waals surface area contributed by atoms with Crippen LogP contribution in [0.15, 0.2) is 18.2 Å². The van der Waals surface area contributed by atoms with Crippen LogP contribution in [0, 0.1) is 11.8 Å². The molecule has 17 heavy (non-hydrogen) atoms. The van der Waals surface area contributed by atoms with Crippen LogP contribution in [0.3, 0.4) is 0 Å². The molecule has 0 N–H and O–H groups in total. The Labute approximate surface area is 95.4 Å². The first-order valence-corrected chi connectivity index (χ1v) is 4.58. The second kappa shape index (κ2) is 5.30. The summed E-state index contributed by atoms with van der Waals surface area (Å²) in [6.07, 6.45) is -3.62. The minimum absolute atomic E-state index is 0.0309. The van der Waals surface area contributed by atoms with Crippen molar-refractivity contribution in [1.29, 1.82) is 0 Å². The number of benzene rings is 1. The Morgan fingerprint density at radius 3 is 2.47 bits per heavy atom. The molecule has 0 atom stereocenters. The van der Waals surface area contributed by atoms with Crippen molar-refractivity contribution in [2.24, 2.45) is 0 Å². The van der Waals surface area contributed by atoms with Gasteiger partial charge in [0.1, 0.15) is 6.29 Å². The van der Waals surface area contributed by atoms with Crippen LogP contribution in [0.5, 0.6) is 0 Å². The third kappa shape index (κ3) is 3.45. The minimum Gasteiger partial charge on any atom is -0.302 e. The third-order valence-electron chi connectivity index (χ3n) is 1.92. The van der Waals surface area contributed by atoms with Crippen LogP contribution in [-0.4, -0.2) is 12.6 Å². The van der Waals surface area contributed by atoms with Gasteiger partial charge in [-0.15, -0.1) is 0 Å². The Hall–Kier alpha value is -2.09. The molecule has 1 aromatic carbocycles. The molecule has 0 unspecified atom stereocenters. The van der Waals surface area contributed by atoms with E-state index < -0.39 is 11.7 Å². The summed E-state index contributed by atoms with van der Waals surface area (Å²) in [7, 11) is 0. The fourth-order valence-electron chi connectivity index (χ4n) is 1.13. The van der Waals surface area contributed by atoms with Crippen molar-refractivity contribution >= 4 is 12.6 Å². The SMILES string of the molecule is O=CCC#Cc1cc(C(F)(F)F)ccc1C=O. The number of rotatable bonds is 2. The van der Waals surface area contributed by atoms with E-state index in [1.165, 1.54) is 0 Å². The van der Waals surface area contributed by atoms with Crippen molar-refractivity contribution < 1.29 is 22.8 Å². The summed E-state index contributed by atoms with van der Waals surface area (Å²) < 4.78 is 37.2. The molecule has 0 saturated heterocycles. The molecule has 5 heteroatoms. The molecule has 1 aromatic rings. The summed E-state index contributed by atoms with van der Waals surface area (Å²) >= 11 is 0. The second-order valence-corrected chi connectivity index (χ2v) is 3.09. The molecule has 0 aliphatic rings. The van der Waals surface area contributed by atoms with Gasteiger partial charge in [0.2, 0.25) is 0 Å². The van der Waals surface area contributed by atoms with E-state index >= 15 is 0 Å². The van der Waals surface area contributed by atoms with E-state index in [1.54, 1.807) is 0 Å². The minimum atomic E-state index is -4.48. The molecule has 88 valence electrons. The molecule has 0 spiro atoms. The van der Waals surface area contributed by atoms with Gasteiger partial charge in [-0.05, 0) is 18.2 Å². The monoisotopic (exact) mass is 240 g/mol. The molecular weight excluding hydrogens is 233 g/mol. The van der Waals surface area contributed by atoms with Gasteiger partial charge in [0.15, 0.2) is 6.29 Å². The van der Waals surface area contributed by atoms with Gasteiger partial charge < -0.3 is 4.79 Å². The molecule has 0 saturated carbocycles. The molecule has 0 amide bonds. The first-order chi connectivity index (χ1) is 7.99. The van der Waals surface area contributed by atoms with Gasteiger partial charge in [0.25, 0.3) is 0 Å². The first-order valence-electron chi connectivity index (χ1n) is 4.58. The number of carbonyl (C=O) groups is 2. The van der Waals surface area contributed by atoms with Gasteiger partial charge in [-0.1, -0.05) is 11.8 Å². The smallest absolute Gasteiger partial charge is 0.302 e. The van der Waals surface area contributed by atoms with Crippen molar-refractivity contribution in [1.82, 2.24) is 0 Å². The number of halogens is 3. The quantitative estimate of drug-likeness (QED) is 0.587. The average molecular weight is 240 g/mol. The molecule has 0 heterocycles. The van der Waals surface area contributed by atoms with Crippen LogP contribution in [0.25, 0.3) is 0 Å². The summed E-state index contributed by atoms with van der Waals surface area (Å²) in [6, 6.07) is 2.66. The predicted octanol–water partition coefficient (Wildman–Crippen LogP) is 2.46. The molecular formula is C12H7F3O2. The highest BCUT2D eigenvalue weighted by Crippen LogP contribution is 2.30. The van der Waals surface area contributed by atoms with E-state index in [0.29, 0.717) is 12.6 Å². The van der Waals surface area contributed by atoms with Gasteiger partial charge in [-0.2, -0.15) is 13.2 Å². The predicted molar refractivity (Wildman–Crippen MR) is 54.4 cm³/mol. The Kier molecular flexibility index (Phi) is 4.05. The van der Waals surface area contributed by atoms with Crippen molar-refractivity contribution in [3.8, 4) is 11.8 Å². The summed E-state index contributed by atoms with van der Waals surface area (Å²) in [6.45, 7) is 0. The average Bonchev–Trinajstić information content (AvgIpc) is 2.28. The summed E-state index contributed by atoms with van der Waals surface area (Å²) in [5.41, 5.74) is -0.841. The van der Waals surface area contributed by atoms with E-state index in [2.05, 4.69) is 11.8 Å². The van der Waals surface area contributed by atoms with Crippen LogP contribution < -0.4 is 0 Å². The largest absolute Gasteiger partial charge is 0.416 e. The lowest BCUT2D eigenvalue weighted by Crippen LogP contribution is -2.05. The zero-order chi connectivity index (χ0) is 12.9. The third-order valence-corrected chi connectivity index (χ3v) is 1.92. The van der Waals surface area contributed by atoms with Crippen molar-refractivity contribution in [2.45, 2.75) is 12.6 Å². The fraction of sp³-hybridized carbons (Fsp3) is 0.167. The Morgan fingerprint density at radius 2 is 1.94 bits per heavy atom. The lowest BCUT2D eigenvalue weighted by atomic mass is 10.0. The highest BCUT2D eigenvalue weighted by atomic mass is 19.4. The maximum absolute atomic E-state index is 12.4. The first kappa shape index (κ1) is 13.0. The molecule has 0 fully saturated rings. The zero-order valence-corrected chi connectivity index (χ0v) is 8.54. The van der Waals surface area contributed by atoms with Crippen molar-refractivity contribution in [3.63, 3.8) is 0 Å². The lowest BCUT2D eigenvalue weighted by molar-refractivity contribution is -0.137. The summed E-state index contributed by atoms with van der Waals surface area (Å²) in [4.78, 5) is 20.6. The Morgan fingerprint density at radius 1 is 1.24 bits per heavy atom. The summed E-state index contributed by atoms with van der Waals surface area (Å²) in [5.74, 6) is 4.73. The van der Waals surface area contributed by atoms with E-state index in [4.69, 9.17) is 0 Å². The van der Waals surface area contributed by atoms with Gasteiger partial charge >= 0.3 is 6.18 Å². The molecule has 1 rings (SSSR count). The molecule has 0 aliphatic heterocycles. The Bertz CT molecular complexity index is 493. The van der Waals surface area contributed by atoms with Crippen LogP contribution in [0.4, 0.5) is 13.2 Å². The maximum atomic E-state index is 12.4. The summed E-state index contributed by atoms with van der Waals surface area (Å²) in [5, 5.41) is 0. The van der Waals surface area contributed by atoms with Gasteiger partial charge in [0.05, 0.1) is 12.0 Å². The van der Waals surface area contributed by atoms with Crippen LogP contribution in [0.2, 0.25) is 0 Å². The normalized spacial score (nSPS) is 10.3. The maximum Gasteiger partial charge on any atom is 0.416 e. The standard InChI is InChI=1S/C12H7F3O2/c13-12(14,15)11-5-4-10(8-17)9(7-11)3-1-2-6-16/h4-8H,2H2. The highest BCUT2D eigenvalue weighted by Gasteiger charge is 2.30. The molecule has 0 radical (unpaired) electrons. The molecule has 0 aliphatic carbocycles. The number of hydrogen-bond acceptors (Lipinski definition) is 2. The molecule has 2 nitrogen and oxygen atoms in total. The van der Waals surface area contributed by atoms with Gasteiger partial charge in [0, 0.05) is 11.1 Å². The van der Waals surface area contributed by atoms with E-state index in [1.807, 2.05) is 0 Å². The van der Waals surface area contributed by atoms with Crippen LogP contribution in [0.1, 0.15) is 27.9 Å². The lowest BCUT2D eigenvalue weighted by Gasteiger charge is -2.07. The van der Waals surface area contributed by atoms with E-state index in [9.17, 15) is 22.8 Å². The van der Waals surface area contributed by atoms with Crippen molar-refractivity contribution in [2.75, 3.05) is 0 Å². The topological polar surface area (TPSA) is 34.1 Å². The Balaban J connectivity index is 3.21. The van der Waals surface area contributed by atoms with Gasteiger partial charge in [-0.25, -0.2) is 0 Å². The fourth-order valence-corrected chi connectivity index (χ4v) is 1.13. The van der Waals surface area contributed by atoms with E-state index in [-0.39, 0.29) is 17.5 Å². The molecule has 0 aromatic heterocycles. The van der Waals surface area contributed by atoms with Crippen LogP contribution >= 0.6 is 0 Å². The second-order valence-electron chi connectivity index (χ2n) is 3.09. The number of hydrogen-bond donors (Lipinski definition) is 0. The van der Waals surface area contributed by atoms with Gasteiger partial charge in [-0.3, -0.25) is 4.79 Å². The highest BCUT2D eigenvalue weighted by molar-refractivity contribution is 5.79. The number of aldehydes is 2.